The zero-order valence-corrected chi connectivity index (χ0v) is 12.3. The molecule has 0 aliphatic carbocycles. The lowest BCUT2D eigenvalue weighted by Gasteiger charge is -2.07. The fourth-order valence-electron chi connectivity index (χ4n) is 2.18. The molecule has 0 aliphatic rings. The molecule has 0 fully saturated rings. The molecule has 0 saturated carbocycles. The van der Waals surface area contributed by atoms with Gasteiger partial charge in [0.1, 0.15) is 23.0 Å². The van der Waals surface area contributed by atoms with Crippen molar-refractivity contribution in [2.24, 2.45) is 0 Å². The number of nitrogens with one attached hydrogen (secondary N) is 2. The molecule has 0 atom stereocenters. The lowest BCUT2D eigenvalue weighted by atomic mass is 10.2. The summed E-state index contributed by atoms with van der Waals surface area (Å²) in [6, 6.07) is 9.14. The van der Waals surface area contributed by atoms with E-state index in [0.717, 1.165) is 18.2 Å². The molecule has 3 aromatic rings. The summed E-state index contributed by atoms with van der Waals surface area (Å²) in [5, 5.41) is 2.39. The Bertz CT molecular complexity index is 933. The summed E-state index contributed by atoms with van der Waals surface area (Å²) >= 11 is 0. The highest BCUT2D eigenvalue weighted by atomic mass is 19.1. The van der Waals surface area contributed by atoms with Crippen LogP contribution in [0.4, 0.5) is 8.78 Å². The summed E-state index contributed by atoms with van der Waals surface area (Å²) in [6.07, 6.45) is 1.46. The SMILES string of the molecule is O=C(NCc1cc(F)ccc1F)c1ccc(-c2ccco2)[nH]c1=O. The van der Waals surface area contributed by atoms with Crippen LogP contribution in [0.3, 0.4) is 0 Å². The van der Waals surface area contributed by atoms with Gasteiger partial charge in [-0.25, -0.2) is 8.78 Å². The molecule has 0 unspecified atom stereocenters. The maximum atomic E-state index is 13.5. The maximum Gasteiger partial charge on any atom is 0.261 e. The molecular formula is C17H12F2N2O3. The summed E-state index contributed by atoms with van der Waals surface area (Å²) < 4.78 is 31.8. The molecule has 5 nitrogen and oxygen atoms in total. The lowest BCUT2D eigenvalue weighted by Crippen LogP contribution is -2.29. The number of halogens is 2. The third-order valence-electron chi connectivity index (χ3n) is 3.39. The predicted octanol–water partition coefficient (Wildman–Crippen LogP) is 2.84. The average molecular weight is 330 g/mol. The van der Waals surface area contributed by atoms with Crippen LogP contribution in [0, 0.1) is 11.6 Å². The van der Waals surface area contributed by atoms with Crippen molar-refractivity contribution in [2.45, 2.75) is 6.54 Å². The van der Waals surface area contributed by atoms with Gasteiger partial charge < -0.3 is 14.7 Å². The molecule has 2 aromatic heterocycles. The van der Waals surface area contributed by atoms with E-state index >= 15 is 0 Å². The number of hydrogen-bond donors (Lipinski definition) is 2. The molecule has 0 saturated heterocycles. The second kappa shape index (κ2) is 6.49. The Morgan fingerprint density at radius 2 is 2.00 bits per heavy atom. The van der Waals surface area contributed by atoms with Gasteiger partial charge in [-0.3, -0.25) is 9.59 Å². The molecule has 0 bridgehead atoms. The molecule has 3 rings (SSSR count). The van der Waals surface area contributed by atoms with Gasteiger partial charge in [-0.1, -0.05) is 0 Å². The Labute approximate surface area is 134 Å². The fourth-order valence-corrected chi connectivity index (χ4v) is 2.18. The first-order chi connectivity index (χ1) is 11.5. The number of aromatic amines is 1. The highest BCUT2D eigenvalue weighted by Gasteiger charge is 2.13. The summed E-state index contributed by atoms with van der Waals surface area (Å²) in [5.41, 5.74) is -0.326. The van der Waals surface area contributed by atoms with E-state index < -0.39 is 23.1 Å². The highest BCUT2D eigenvalue weighted by molar-refractivity contribution is 5.93. The molecule has 7 heteroatoms. The minimum Gasteiger partial charge on any atom is -0.463 e. The predicted molar refractivity (Wildman–Crippen MR) is 82.3 cm³/mol. The topological polar surface area (TPSA) is 75.1 Å². The van der Waals surface area contributed by atoms with Gasteiger partial charge in [0.05, 0.1) is 12.0 Å². The largest absolute Gasteiger partial charge is 0.463 e. The van der Waals surface area contributed by atoms with Crippen molar-refractivity contribution in [3.8, 4) is 11.5 Å². The van der Waals surface area contributed by atoms with Crippen LogP contribution in [-0.4, -0.2) is 10.9 Å². The maximum absolute atomic E-state index is 13.5. The van der Waals surface area contributed by atoms with E-state index in [2.05, 4.69) is 10.3 Å². The van der Waals surface area contributed by atoms with Crippen molar-refractivity contribution >= 4 is 5.91 Å². The van der Waals surface area contributed by atoms with Crippen LogP contribution in [0.2, 0.25) is 0 Å². The van der Waals surface area contributed by atoms with Gasteiger partial charge in [0.15, 0.2) is 0 Å². The van der Waals surface area contributed by atoms with E-state index in [4.69, 9.17) is 4.42 Å². The molecular weight excluding hydrogens is 318 g/mol. The van der Waals surface area contributed by atoms with Crippen LogP contribution < -0.4 is 10.9 Å². The number of carbonyl (C=O) groups excluding carboxylic acids is 1. The second-order valence-corrected chi connectivity index (χ2v) is 5.01. The normalized spacial score (nSPS) is 10.6. The molecule has 24 heavy (non-hydrogen) atoms. The van der Waals surface area contributed by atoms with E-state index in [9.17, 15) is 18.4 Å². The number of benzene rings is 1. The highest BCUT2D eigenvalue weighted by Crippen LogP contribution is 2.15. The van der Waals surface area contributed by atoms with E-state index in [-0.39, 0.29) is 17.7 Å². The molecule has 2 heterocycles. The summed E-state index contributed by atoms with van der Waals surface area (Å²) in [5.74, 6) is -1.48. The first-order valence-corrected chi connectivity index (χ1v) is 7.04. The zero-order valence-electron chi connectivity index (χ0n) is 12.3. The lowest BCUT2D eigenvalue weighted by molar-refractivity contribution is 0.0949. The van der Waals surface area contributed by atoms with Gasteiger partial charge in [-0.05, 0) is 42.5 Å². The molecule has 0 spiro atoms. The van der Waals surface area contributed by atoms with Gasteiger partial charge in [0.25, 0.3) is 11.5 Å². The van der Waals surface area contributed by atoms with Crippen LogP contribution in [-0.2, 0) is 6.54 Å². The average Bonchev–Trinajstić information content (AvgIpc) is 3.10. The van der Waals surface area contributed by atoms with Crippen LogP contribution in [0.1, 0.15) is 15.9 Å². The van der Waals surface area contributed by atoms with Gasteiger partial charge in [0, 0.05) is 12.1 Å². The molecule has 0 aliphatic heterocycles. The Hall–Kier alpha value is -3.22. The number of amides is 1. The number of furan rings is 1. The van der Waals surface area contributed by atoms with E-state index in [1.54, 1.807) is 12.1 Å². The van der Waals surface area contributed by atoms with E-state index in [1.807, 2.05) is 0 Å². The van der Waals surface area contributed by atoms with Crippen LogP contribution >= 0.6 is 0 Å². The monoisotopic (exact) mass is 330 g/mol. The number of aromatic nitrogens is 1. The zero-order chi connectivity index (χ0) is 17.1. The Balaban J connectivity index is 1.76. The van der Waals surface area contributed by atoms with Gasteiger partial charge >= 0.3 is 0 Å². The molecule has 1 aromatic carbocycles. The van der Waals surface area contributed by atoms with Crippen LogP contribution in [0.25, 0.3) is 11.5 Å². The molecule has 0 radical (unpaired) electrons. The first kappa shape index (κ1) is 15.7. The number of rotatable bonds is 4. The number of pyridine rings is 1. The Morgan fingerprint density at radius 1 is 1.17 bits per heavy atom. The number of H-pyrrole nitrogens is 1. The van der Waals surface area contributed by atoms with Gasteiger partial charge in [-0.15, -0.1) is 0 Å². The smallest absolute Gasteiger partial charge is 0.261 e. The first-order valence-electron chi connectivity index (χ1n) is 7.04. The summed E-state index contributed by atoms with van der Waals surface area (Å²) in [7, 11) is 0. The van der Waals surface area contributed by atoms with Crippen molar-refractivity contribution < 1.29 is 18.0 Å². The fraction of sp³-hybridized carbons (Fsp3) is 0.0588. The van der Waals surface area contributed by atoms with Crippen molar-refractivity contribution in [3.05, 3.63) is 81.8 Å². The van der Waals surface area contributed by atoms with Crippen LogP contribution in [0.15, 0.2) is 57.9 Å². The van der Waals surface area contributed by atoms with Crippen molar-refractivity contribution in [1.29, 1.82) is 0 Å². The minimum atomic E-state index is -0.689. The van der Waals surface area contributed by atoms with Crippen molar-refractivity contribution in [2.75, 3.05) is 0 Å². The third-order valence-corrected chi connectivity index (χ3v) is 3.39. The van der Waals surface area contributed by atoms with Crippen molar-refractivity contribution in [3.63, 3.8) is 0 Å². The molecule has 122 valence electrons. The standard InChI is InChI=1S/C17H12F2N2O3/c18-11-3-5-13(19)10(8-11)9-20-16(22)12-4-6-14(21-17(12)23)15-2-1-7-24-15/h1-8H,9H2,(H,20,22)(H,21,23). The van der Waals surface area contributed by atoms with Crippen molar-refractivity contribution in [1.82, 2.24) is 10.3 Å². The minimum absolute atomic E-state index is 0.00742. The van der Waals surface area contributed by atoms with E-state index in [1.165, 1.54) is 18.4 Å². The Kier molecular flexibility index (Phi) is 4.24. The quantitative estimate of drug-likeness (QED) is 0.772. The third kappa shape index (κ3) is 3.24. The van der Waals surface area contributed by atoms with Gasteiger partial charge in [-0.2, -0.15) is 0 Å². The van der Waals surface area contributed by atoms with Crippen LogP contribution in [0.5, 0.6) is 0 Å². The van der Waals surface area contributed by atoms with E-state index in [0.29, 0.717) is 11.5 Å². The number of hydrogen-bond acceptors (Lipinski definition) is 3. The Morgan fingerprint density at radius 3 is 2.71 bits per heavy atom. The summed E-state index contributed by atoms with van der Waals surface area (Å²) in [6.45, 7) is -0.234. The summed E-state index contributed by atoms with van der Waals surface area (Å²) in [4.78, 5) is 26.6. The van der Waals surface area contributed by atoms with Gasteiger partial charge in [0.2, 0.25) is 0 Å². The number of carbonyl (C=O) groups is 1. The molecule has 2 N–H and O–H groups in total. The molecule has 1 amide bonds. The second-order valence-electron chi connectivity index (χ2n) is 5.01.